The predicted octanol–water partition coefficient (Wildman–Crippen LogP) is 1.91. The molecule has 0 bridgehead atoms. The molecule has 3 rings (SSSR count). The van der Waals surface area contributed by atoms with E-state index in [9.17, 15) is 4.79 Å². The molecule has 80 valence electrons. The Hall–Kier alpha value is -1.88. The van der Waals surface area contributed by atoms with Gasteiger partial charge in [0.2, 0.25) is 0 Å². The number of carbonyl (C=O) groups is 1. The third-order valence-electron chi connectivity index (χ3n) is 2.46. The zero-order valence-electron chi connectivity index (χ0n) is 8.60. The number of para-hydroxylation sites is 2. The van der Waals surface area contributed by atoms with Gasteiger partial charge >= 0.3 is 0 Å². The van der Waals surface area contributed by atoms with E-state index in [1.165, 1.54) is 11.3 Å². The number of hydrogen-bond donors (Lipinski definition) is 1. The van der Waals surface area contributed by atoms with Crippen LogP contribution in [0.15, 0.2) is 30.5 Å². The van der Waals surface area contributed by atoms with Crippen molar-refractivity contribution in [2.45, 2.75) is 0 Å². The van der Waals surface area contributed by atoms with Gasteiger partial charge < -0.3 is 5.32 Å². The highest BCUT2D eigenvalue weighted by molar-refractivity contribution is 7.18. The fourth-order valence-corrected chi connectivity index (χ4v) is 2.63. The van der Waals surface area contributed by atoms with Gasteiger partial charge in [-0.15, -0.1) is 0 Å². The van der Waals surface area contributed by atoms with Gasteiger partial charge in [-0.05, 0) is 12.1 Å². The van der Waals surface area contributed by atoms with E-state index >= 15 is 0 Å². The molecule has 3 aromatic rings. The highest BCUT2D eigenvalue weighted by Gasteiger charge is 2.12. The first-order valence-corrected chi connectivity index (χ1v) is 5.70. The maximum atomic E-state index is 11.5. The number of rotatable bonds is 1. The van der Waals surface area contributed by atoms with Crippen molar-refractivity contribution in [1.29, 1.82) is 0 Å². The Kier molecular flexibility index (Phi) is 1.94. The summed E-state index contributed by atoms with van der Waals surface area (Å²) in [6, 6.07) is 7.89. The van der Waals surface area contributed by atoms with Crippen LogP contribution in [0.25, 0.3) is 16.0 Å². The smallest absolute Gasteiger partial charge is 0.262 e. The number of benzene rings is 1. The molecule has 0 radical (unpaired) electrons. The molecule has 4 nitrogen and oxygen atoms in total. The van der Waals surface area contributed by atoms with Gasteiger partial charge in [0.05, 0.1) is 11.0 Å². The summed E-state index contributed by atoms with van der Waals surface area (Å²) in [6.45, 7) is 0. The summed E-state index contributed by atoms with van der Waals surface area (Å²) >= 11 is 1.40. The SMILES string of the molecule is CNC(=O)c1cn2c(nc3ccccc32)s1. The minimum atomic E-state index is -0.0698. The maximum Gasteiger partial charge on any atom is 0.262 e. The average molecular weight is 231 g/mol. The molecule has 0 aliphatic carbocycles. The van der Waals surface area contributed by atoms with E-state index in [1.807, 2.05) is 34.9 Å². The van der Waals surface area contributed by atoms with Gasteiger partial charge in [-0.25, -0.2) is 4.98 Å². The molecular formula is C11H9N3OS. The Morgan fingerprint density at radius 3 is 3.06 bits per heavy atom. The van der Waals surface area contributed by atoms with Crippen molar-refractivity contribution in [3.8, 4) is 0 Å². The van der Waals surface area contributed by atoms with Crippen molar-refractivity contribution < 1.29 is 4.79 Å². The molecule has 0 aliphatic rings. The number of thiazole rings is 1. The summed E-state index contributed by atoms with van der Waals surface area (Å²) in [6.07, 6.45) is 1.83. The molecule has 5 heteroatoms. The molecule has 1 amide bonds. The van der Waals surface area contributed by atoms with Gasteiger partial charge in [0.25, 0.3) is 5.91 Å². The third-order valence-corrected chi connectivity index (χ3v) is 3.44. The first kappa shape index (κ1) is 9.35. The Balaban J connectivity index is 2.30. The molecule has 0 spiro atoms. The molecule has 0 saturated heterocycles. The molecule has 0 aliphatic heterocycles. The van der Waals surface area contributed by atoms with Crippen molar-refractivity contribution in [3.63, 3.8) is 0 Å². The number of nitrogens with one attached hydrogen (secondary N) is 1. The van der Waals surface area contributed by atoms with Crippen molar-refractivity contribution in [2.75, 3.05) is 7.05 Å². The fraction of sp³-hybridized carbons (Fsp3) is 0.0909. The number of amides is 1. The Bertz CT molecular complexity index is 683. The Morgan fingerprint density at radius 2 is 2.25 bits per heavy atom. The second kappa shape index (κ2) is 3.31. The van der Waals surface area contributed by atoms with E-state index < -0.39 is 0 Å². The summed E-state index contributed by atoms with van der Waals surface area (Å²) in [4.78, 5) is 17.5. The highest BCUT2D eigenvalue weighted by Crippen LogP contribution is 2.23. The van der Waals surface area contributed by atoms with Crippen molar-refractivity contribution >= 4 is 33.2 Å². The molecule has 0 fully saturated rings. The minimum absolute atomic E-state index is 0.0698. The molecule has 0 saturated carbocycles. The number of carbonyl (C=O) groups excluding carboxylic acids is 1. The second-order valence-electron chi connectivity index (χ2n) is 3.43. The van der Waals surface area contributed by atoms with E-state index in [2.05, 4.69) is 10.3 Å². The van der Waals surface area contributed by atoms with Crippen LogP contribution in [0, 0.1) is 0 Å². The van der Waals surface area contributed by atoms with Crippen LogP contribution in [0.2, 0.25) is 0 Å². The van der Waals surface area contributed by atoms with Gasteiger partial charge in [0.1, 0.15) is 4.88 Å². The summed E-state index contributed by atoms with van der Waals surface area (Å²) < 4.78 is 1.95. The van der Waals surface area contributed by atoms with E-state index in [4.69, 9.17) is 0 Å². The van der Waals surface area contributed by atoms with Crippen molar-refractivity contribution in [3.05, 3.63) is 35.3 Å². The highest BCUT2D eigenvalue weighted by atomic mass is 32.1. The lowest BCUT2D eigenvalue weighted by Crippen LogP contribution is -2.16. The normalized spacial score (nSPS) is 11.1. The van der Waals surface area contributed by atoms with Crippen LogP contribution in [0.3, 0.4) is 0 Å². The quantitative estimate of drug-likeness (QED) is 0.695. The van der Waals surface area contributed by atoms with Crippen molar-refractivity contribution in [1.82, 2.24) is 14.7 Å². The van der Waals surface area contributed by atoms with Gasteiger partial charge in [-0.1, -0.05) is 23.5 Å². The number of fused-ring (bicyclic) bond motifs is 3. The van der Waals surface area contributed by atoms with E-state index in [1.54, 1.807) is 7.05 Å². The lowest BCUT2D eigenvalue weighted by atomic mass is 10.3. The first-order chi connectivity index (χ1) is 7.79. The molecular weight excluding hydrogens is 222 g/mol. The molecule has 1 aromatic carbocycles. The van der Waals surface area contributed by atoms with E-state index in [-0.39, 0.29) is 5.91 Å². The standard InChI is InChI=1S/C11H9N3OS/c1-12-10(15)9-6-14-8-5-3-2-4-7(8)13-11(14)16-9/h2-6H,1H3,(H,12,15). The first-order valence-electron chi connectivity index (χ1n) is 4.88. The largest absolute Gasteiger partial charge is 0.354 e. The fourth-order valence-electron chi connectivity index (χ4n) is 1.69. The van der Waals surface area contributed by atoms with Crippen LogP contribution in [0.5, 0.6) is 0 Å². The van der Waals surface area contributed by atoms with Gasteiger partial charge in [-0.2, -0.15) is 0 Å². The van der Waals surface area contributed by atoms with E-state index in [0.29, 0.717) is 4.88 Å². The average Bonchev–Trinajstić information content (AvgIpc) is 2.85. The van der Waals surface area contributed by atoms with Crippen LogP contribution >= 0.6 is 11.3 Å². The van der Waals surface area contributed by atoms with Crippen LogP contribution < -0.4 is 5.32 Å². The minimum Gasteiger partial charge on any atom is -0.354 e. The lowest BCUT2D eigenvalue weighted by molar-refractivity contribution is 0.0967. The van der Waals surface area contributed by atoms with Crippen LogP contribution in [0.4, 0.5) is 0 Å². The summed E-state index contributed by atoms with van der Waals surface area (Å²) in [7, 11) is 1.63. The molecule has 1 N–H and O–H groups in total. The van der Waals surface area contributed by atoms with Gasteiger partial charge in [0, 0.05) is 13.2 Å². The maximum absolute atomic E-state index is 11.5. The summed E-state index contributed by atoms with van der Waals surface area (Å²) in [5.74, 6) is -0.0698. The molecule has 0 atom stereocenters. The Morgan fingerprint density at radius 1 is 1.44 bits per heavy atom. The molecule has 2 heterocycles. The zero-order valence-corrected chi connectivity index (χ0v) is 9.41. The van der Waals surface area contributed by atoms with Gasteiger partial charge in [-0.3, -0.25) is 9.20 Å². The molecule has 0 unspecified atom stereocenters. The monoisotopic (exact) mass is 231 g/mol. The van der Waals surface area contributed by atoms with Crippen LogP contribution in [-0.2, 0) is 0 Å². The lowest BCUT2D eigenvalue weighted by Gasteiger charge is -1.92. The van der Waals surface area contributed by atoms with Crippen LogP contribution in [0.1, 0.15) is 9.67 Å². The topological polar surface area (TPSA) is 46.4 Å². The number of imidazole rings is 1. The van der Waals surface area contributed by atoms with Crippen molar-refractivity contribution in [2.24, 2.45) is 0 Å². The van der Waals surface area contributed by atoms with Gasteiger partial charge in [0.15, 0.2) is 4.96 Å². The number of hydrogen-bond acceptors (Lipinski definition) is 3. The predicted molar refractivity (Wildman–Crippen MR) is 64.0 cm³/mol. The van der Waals surface area contributed by atoms with E-state index in [0.717, 1.165) is 16.0 Å². The summed E-state index contributed by atoms with van der Waals surface area (Å²) in [5.41, 5.74) is 1.99. The van der Waals surface area contributed by atoms with Crippen LogP contribution in [-0.4, -0.2) is 22.3 Å². The third kappa shape index (κ3) is 1.22. The molecule has 16 heavy (non-hydrogen) atoms. The zero-order chi connectivity index (χ0) is 11.1. The number of aromatic nitrogens is 2. The summed E-state index contributed by atoms with van der Waals surface area (Å²) in [5, 5.41) is 2.61. The number of nitrogens with zero attached hydrogens (tertiary/aromatic N) is 2. The molecule has 2 aromatic heterocycles. The Labute approximate surface area is 95.5 Å². The second-order valence-corrected chi connectivity index (χ2v) is 4.44.